The lowest BCUT2D eigenvalue weighted by Gasteiger charge is -2.24. The number of anilines is 8. The molecule has 0 bridgehead atoms. The summed E-state index contributed by atoms with van der Waals surface area (Å²) in [5.74, 6) is 1.51. The zero-order chi connectivity index (χ0) is 62.2. The van der Waals surface area contributed by atoms with Crippen molar-refractivity contribution < 1.29 is 46.0 Å². The molecule has 0 amide bonds. The van der Waals surface area contributed by atoms with Crippen molar-refractivity contribution in [3.8, 4) is 12.1 Å². The van der Waals surface area contributed by atoms with E-state index >= 15 is 0 Å². The summed E-state index contributed by atoms with van der Waals surface area (Å²) in [5.41, 5.74) is -1.30. The molecular formula is C46H60Cl2F6N20O8. The van der Waals surface area contributed by atoms with Gasteiger partial charge in [-0.3, -0.25) is 40.5 Å². The molecule has 0 saturated heterocycles. The van der Waals surface area contributed by atoms with Crippen molar-refractivity contribution in [1.29, 1.82) is 10.5 Å². The summed E-state index contributed by atoms with van der Waals surface area (Å²) in [4.78, 5) is 67.6. The van der Waals surface area contributed by atoms with Gasteiger partial charge in [-0.2, -0.15) is 66.8 Å². The van der Waals surface area contributed by atoms with Gasteiger partial charge in [0.1, 0.15) is 22.5 Å². The van der Waals surface area contributed by atoms with Gasteiger partial charge in [0.15, 0.2) is 11.4 Å². The van der Waals surface area contributed by atoms with Crippen molar-refractivity contribution in [1.82, 2.24) is 29.9 Å². The summed E-state index contributed by atoms with van der Waals surface area (Å²) >= 11 is 11.6. The maximum Gasteiger partial charge on any atom is 0.418 e. The predicted molar refractivity (Wildman–Crippen MR) is 294 cm³/mol. The van der Waals surface area contributed by atoms with E-state index in [1.54, 1.807) is 55.4 Å². The Morgan fingerprint density at radius 1 is 0.561 bits per heavy atom. The van der Waals surface area contributed by atoms with Crippen molar-refractivity contribution in [2.75, 3.05) is 68.7 Å². The molecule has 2 aromatic heterocycles. The number of nitro groups is 4. The lowest BCUT2D eigenvalue weighted by molar-refractivity contribution is -0.392. The van der Waals surface area contributed by atoms with E-state index in [-0.39, 0.29) is 48.9 Å². The number of nitrogens with two attached hydrogens (primary N) is 2. The first-order chi connectivity index (χ1) is 38.1. The number of halogens is 8. The second-order valence-corrected chi connectivity index (χ2v) is 19.8. The molecule has 28 nitrogen and oxygen atoms in total. The van der Waals surface area contributed by atoms with Crippen LogP contribution < -0.4 is 42.5 Å². The third kappa shape index (κ3) is 20.0. The highest BCUT2D eigenvalue weighted by molar-refractivity contribution is 6.28. The van der Waals surface area contributed by atoms with Crippen LogP contribution in [0.2, 0.25) is 10.6 Å². The second kappa shape index (κ2) is 28.8. The van der Waals surface area contributed by atoms with Crippen LogP contribution in [0.1, 0.15) is 118 Å². The van der Waals surface area contributed by atoms with Gasteiger partial charge in [0.2, 0.25) is 34.4 Å². The molecule has 0 radical (unpaired) electrons. The van der Waals surface area contributed by atoms with Gasteiger partial charge in [-0.15, -0.1) is 0 Å². The Labute approximate surface area is 475 Å². The molecule has 2 aliphatic rings. The van der Waals surface area contributed by atoms with Crippen LogP contribution in [-0.4, -0.2) is 98.9 Å². The molecule has 2 aliphatic carbocycles. The SMILES string of the molecule is CC(C)(C#N)Nc1nc(Cl)nc(NC2CC2)n1.CC(C)(C#N)Nc1nc(Cl)nc(NC2CC2)n1.CCCN(CCC)c1c([N+](=O)[O-])cc(C(F)(F)F)c(N)c1[N+](=O)[O-].CCCN(CCC)c1c([N+](=O)[O-])cc(C(F)(F)F)c(N)c1[N+](=O)[O-]. The predicted octanol–water partition coefficient (Wildman–Crippen LogP) is 11.1. The van der Waals surface area contributed by atoms with Gasteiger partial charge < -0.3 is 42.5 Å². The van der Waals surface area contributed by atoms with Crippen LogP contribution in [-0.2, 0) is 12.4 Å². The number of nitro benzene ring substituents is 4. The number of nitrogens with zero attached hydrogens (tertiary/aromatic N) is 14. The summed E-state index contributed by atoms with van der Waals surface area (Å²) in [6, 6.07) is 5.60. The Balaban J connectivity index is 0.000000290. The quantitative estimate of drug-likeness (QED) is 0.0184. The van der Waals surface area contributed by atoms with Crippen LogP contribution in [0.5, 0.6) is 0 Å². The van der Waals surface area contributed by atoms with Crippen molar-refractivity contribution >= 4 is 92.5 Å². The second-order valence-electron chi connectivity index (χ2n) is 19.2. The molecule has 0 spiro atoms. The van der Waals surface area contributed by atoms with E-state index in [4.69, 9.17) is 45.2 Å². The maximum absolute atomic E-state index is 13.0. The molecular weight excluding hydrogens is 1150 g/mol. The fraction of sp³-hybridized carbons (Fsp3) is 0.565. The number of nitrogen functional groups attached to an aromatic ring is 2. The van der Waals surface area contributed by atoms with Gasteiger partial charge >= 0.3 is 23.7 Å². The largest absolute Gasteiger partial charge is 0.418 e. The Morgan fingerprint density at radius 2 is 0.841 bits per heavy atom. The molecule has 0 unspecified atom stereocenters. The average Bonchev–Trinajstić information content (AvgIpc) is 4.42. The number of rotatable bonds is 22. The first-order valence-electron chi connectivity index (χ1n) is 25.0. The summed E-state index contributed by atoms with van der Waals surface area (Å²) in [6.45, 7) is 14.7. The molecule has 2 heterocycles. The fourth-order valence-electron chi connectivity index (χ4n) is 7.19. The number of aromatic nitrogens is 6. The highest BCUT2D eigenvalue weighted by Crippen LogP contribution is 2.50. The Hall–Kier alpha value is -8.40. The van der Waals surface area contributed by atoms with Crippen LogP contribution in [0.4, 0.5) is 95.6 Å². The van der Waals surface area contributed by atoms with E-state index < -0.39 is 99.7 Å². The first-order valence-corrected chi connectivity index (χ1v) is 25.7. The molecule has 0 atom stereocenters. The zero-order valence-electron chi connectivity index (χ0n) is 45.5. The van der Waals surface area contributed by atoms with Crippen LogP contribution in [0.25, 0.3) is 0 Å². The molecule has 82 heavy (non-hydrogen) atoms. The highest BCUT2D eigenvalue weighted by Gasteiger charge is 2.44. The minimum Gasteiger partial charge on any atom is -0.393 e. The summed E-state index contributed by atoms with van der Waals surface area (Å²) in [7, 11) is 0. The van der Waals surface area contributed by atoms with Crippen LogP contribution in [0.3, 0.4) is 0 Å². The molecule has 4 aromatic rings. The van der Waals surface area contributed by atoms with E-state index in [9.17, 15) is 66.8 Å². The zero-order valence-corrected chi connectivity index (χ0v) is 47.0. The monoisotopic (exact) mass is 1200 g/mol. The normalized spacial score (nSPS) is 13.0. The van der Waals surface area contributed by atoms with E-state index in [2.05, 4.69) is 63.3 Å². The van der Waals surface area contributed by atoms with E-state index in [1.165, 1.54) is 9.80 Å². The number of alkyl halides is 6. The molecule has 36 heteroatoms. The van der Waals surface area contributed by atoms with E-state index in [1.807, 2.05) is 0 Å². The molecule has 0 aliphatic heterocycles. The molecule has 2 fully saturated rings. The van der Waals surface area contributed by atoms with Gasteiger partial charge in [-0.05, 0) is 102 Å². The molecule has 8 N–H and O–H groups in total. The molecule has 2 saturated carbocycles. The highest BCUT2D eigenvalue weighted by atomic mass is 35.5. The van der Waals surface area contributed by atoms with Gasteiger partial charge in [0.25, 0.3) is 11.4 Å². The number of nitrogens with one attached hydrogen (secondary N) is 4. The average molecular weight is 1210 g/mol. The number of benzene rings is 2. The third-order valence-electron chi connectivity index (χ3n) is 11.0. The van der Waals surface area contributed by atoms with Crippen LogP contribution in [0.15, 0.2) is 12.1 Å². The number of hydrogen-bond donors (Lipinski definition) is 6. The Bertz CT molecular complexity index is 2820. The van der Waals surface area contributed by atoms with Gasteiger partial charge in [0.05, 0.1) is 43.0 Å². The Kier molecular flexibility index (Phi) is 23.9. The molecule has 6 rings (SSSR count). The number of hydrogen-bond acceptors (Lipinski definition) is 24. The minimum absolute atomic E-state index is 0.111. The van der Waals surface area contributed by atoms with E-state index in [0.717, 1.165) is 25.7 Å². The lowest BCUT2D eigenvalue weighted by atomic mass is 10.1. The van der Waals surface area contributed by atoms with Crippen LogP contribution >= 0.6 is 23.2 Å². The summed E-state index contributed by atoms with van der Waals surface area (Å²) in [5, 5.41) is 75.2. The summed E-state index contributed by atoms with van der Waals surface area (Å²) < 4.78 is 78.2. The van der Waals surface area contributed by atoms with Gasteiger partial charge in [0, 0.05) is 50.4 Å². The van der Waals surface area contributed by atoms with Crippen molar-refractivity contribution in [2.45, 2.75) is 142 Å². The topological polar surface area (TPSA) is 404 Å². The van der Waals surface area contributed by atoms with Crippen molar-refractivity contribution in [3.05, 3.63) is 74.3 Å². The minimum atomic E-state index is -5.04. The van der Waals surface area contributed by atoms with Crippen LogP contribution in [0, 0.1) is 63.1 Å². The van der Waals surface area contributed by atoms with Gasteiger partial charge in [-0.1, -0.05) is 27.7 Å². The third-order valence-corrected chi connectivity index (χ3v) is 11.3. The first kappa shape index (κ1) is 67.9. The standard InChI is InChI=1S/2C13H17F3N4O4.2C10H13ClN6/c2*1-3-5-18(6-4-2)11-9(19(21)22)7-8(13(14,15)16)10(17)12(11)20(23)24;2*1-10(2,5-12)17-9-15-7(11)14-8(16-9)13-6-3-4-6/h2*7H,3-6,17H2,1-2H3;2*6H,3-4H2,1-2H3,(H2,13,14,15,16,17). The van der Waals surface area contributed by atoms with Crippen molar-refractivity contribution in [2.24, 2.45) is 0 Å². The Morgan fingerprint density at radius 3 is 1.06 bits per heavy atom. The van der Waals surface area contributed by atoms with Gasteiger partial charge in [-0.25, -0.2) is 0 Å². The molecule has 448 valence electrons. The summed E-state index contributed by atoms with van der Waals surface area (Å²) in [6.07, 6.45) is -3.62. The van der Waals surface area contributed by atoms with E-state index in [0.29, 0.717) is 61.6 Å². The lowest BCUT2D eigenvalue weighted by Crippen LogP contribution is -2.30. The fourth-order valence-corrected chi connectivity index (χ4v) is 7.51. The molecule has 2 aromatic carbocycles. The smallest absolute Gasteiger partial charge is 0.393 e. The van der Waals surface area contributed by atoms with Crippen molar-refractivity contribution in [3.63, 3.8) is 0 Å². The number of nitriles is 2. The maximum atomic E-state index is 13.0.